The van der Waals surface area contributed by atoms with E-state index < -0.39 is 23.9 Å². The summed E-state index contributed by atoms with van der Waals surface area (Å²) < 4.78 is 4.91. The lowest BCUT2D eigenvalue weighted by Gasteiger charge is -2.46. The van der Waals surface area contributed by atoms with Gasteiger partial charge in [0.05, 0.1) is 0 Å². The fourth-order valence-corrected chi connectivity index (χ4v) is 2.99. The fraction of sp³-hybridized carbons (Fsp3) is 0.833. The van der Waals surface area contributed by atoms with Crippen molar-refractivity contribution in [3.05, 3.63) is 11.6 Å². The minimum atomic E-state index is -1.24. The summed E-state index contributed by atoms with van der Waals surface area (Å²) in [5.41, 5.74) is 10.5. The largest absolute Gasteiger partial charge is 0.480 e. The molecule has 1 aliphatic rings. The number of aliphatic hydroxyl groups is 3. The van der Waals surface area contributed by atoms with Gasteiger partial charge in [-0.15, -0.1) is 0 Å². The molecule has 0 aliphatic carbocycles. The van der Waals surface area contributed by atoms with Gasteiger partial charge < -0.3 is 31.5 Å². The first-order valence-corrected chi connectivity index (χ1v) is 6.11. The highest BCUT2D eigenvalue weighted by molar-refractivity contribution is 5.15. The van der Waals surface area contributed by atoms with Gasteiger partial charge in [-0.3, -0.25) is 0 Å². The smallest absolute Gasteiger partial charge is 0.301 e. The van der Waals surface area contributed by atoms with Crippen LogP contribution < -0.4 is 11.5 Å². The Balaban J connectivity index is 3.30. The molecule has 0 aromatic rings. The average Bonchev–Trinajstić information content (AvgIpc) is 2.24. The molecule has 0 aromatic carbocycles. The van der Waals surface area contributed by atoms with Crippen molar-refractivity contribution in [2.24, 2.45) is 29.2 Å². The zero-order valence-corrected chi connectivity index (χ0v) is 11.3. The lowest BCUT2D eigenvalue weighted by molar-refractivity contribution is -0.166. The lowest BCUT2D eigenvalue weighted by Crippen LogP contribution is -2.61. The van der Waals surface area contributed by atoms with Gasteiger partial charge in [-0.05, 0) is 18.8 Å². The lowest BCUT2D eigenvalue weighted by atomic mass is 9.68. The molecular formula is C12H24N2O4. The van der Waals surface area contributed by atoms with Crippen LogP contribution in [0.5, 0.6) is 0 Å². The van der Waals surface area contributed by atoms with E-state index in [4.69, 9.17) is 16.2 Å². The maximum atomic E-state index is 10.2. The summed E-state index contributed by atoms with van der Waals surface area (Å²) in [5.74, 6) is -1.14. The monoisotopic (exact) mass is 260 g/mol. The first kappa shape index (κ1) is 15.1. The maximum absolute atomic E-state index is 10.2. The van der Waals surface area contributed by atoms with Crippen LogP contribution in [0.1, 0.15) is 27.7 Å². The molecule has 0 saturated heterocycles. The highest BCUT2D eigenvalue weighted by Gasteiger charge is 2.47. The van der Waals surface area contributed by atoms with Crippen LogP contribution in [-0.4, -0.2) is 33.3 Å². The van der Waals surface area contributed by atoms with E-state index >= 15 is 0 Å². The second kappa shape index (κ2) is 4.95. The number of rotatable bonds is 1. The van der Waals surface area contributed by atoms with Crippen molar-refractivity contribution in [1.29, 1.82) is 0 Å². The summed E-state index contributed by atoms with van der Waals surface area (Å²) in [7, 11) is 0. The molecular weight excluding hydrogens is 236 g/mol. The van der Waals surface area contributed by atoms with E-state index in [1.807, 2.05) is 13.8 Å². The Morgan fingerprint density at radius 2 is 1.83 bits per heavy atom. The van der Waals surface area contributed by atoms with Crippen LogP contribution in [0.3, 0.4) is 0 Å². The Morgan fingerprint density at radius 1 is 1.33 bits per heavy atom. The molecule has 1 rings (SSSR count). The molecule has 18 heavy (non-hydrogen) atoms. The Morgan fingerprint density at radius 3 is 2.28 bits per heavy atom. The minimum absolute atomic E-state index is 0.107. The molecule has 6 heteroatoms. The molecule has 106 valence electrons. The topological polar surface area (TPSA) is 122 Å². The Bertz CT molecular complexity index is 341. The summed E-state index contributed by atoms with van der Waals surface area (Å²) in [5, 5.41) is 29.6. The van der Waals surface area contributed by atoms with Crippen molar-refractivity contribution in [1.82, 2.24) is 0 Å². The number of aliphatic hydroxyl groups excluding tert-OH is 3. The molecule has 1 aliphatic heterocycles. The first-order chi connectivity index (χ1) is 8.10. The van der Waals surface area contributed by atoms with E-state index in [9.17, 15) is 15.3 Å². The van der Waals surface area contributed by atoms with Crippen LogP contribution in [0.4, 0.5) is 0 Å². The second-order valence-electron chi connectivity index (χ2n) is 5.67. The zero-order chi connectivity index (χ0) is 14.2. The molecule has 0 bridgehead atoms. The number of ether oxygens (including phenoxy) is 1. The average molecular weight is 260 g/mol. The highest BCUT2D eigenvalue weighted by atomic mass is 16.7. The van der Waals surface area contributed by atoms with Gasteiger partial charge in [0.1, 0.15) is 11.8 Å². The molecule has 5 atom stereocenters. The molecule has 0 aromatic heterocycles. The van der Waals surface area contributed by atoms with Crippen molar-refractivity contribution in [2.75, 3.05) is 0 Å². The van der Waals surface area contributed by atoms with Crippen molar-refractivity contribution in [2.45, 2.75) is 45.6 Å². The fourth-order valence-electron chi connectivity index (χ4n) is 2.99. The van der Waals surface area contributed by atoms with Crippen molar-refractivity contribution >= 4 is 0 Å². The van der Waals surface area contributed by atoms with E-state index in [1.165, 1.54) is 0 Å². The van der Waals surface area contributed by atoms with E-state index in [1.54, 1.807) is 13.8 Å². The van der Waals surface area contributed by atoms with E-state index in [-0.39, 0.29) is 23.5 Å². The van der Waals surface area contributed by atoms with E-state index in [0.717, 1.165) is 0 Å². The molecule has 0 saturated carbocycles. The van der Waals surface area contributed by atoms with Crippen LogP contribution in [0, 0.1) is 17.8 Å². The predicted molar refractivity (Wildman–Crippen MR) is 67.0 cm³/mol. The summed E-state index contributed by atoms with van der Waals surface area (Å²) in [6.45, 7) is 7.33. The molecule has 0 radical (unpaired) electrons. The molecule has 1 heterocycles. The standard InChI is InChI=1S/C12H24N2O4/c1-5(2)7-6(3)10(16)18-11(17)8(13)9(15)12(7,4)14/h5-7,9-10,15-17H,13-14H2,1-4H3/t6-,7?,9?,10?,12?/m1/s1. The van der Waals surface area contributed by atoms with Gasteiger partial charge in [0, 0.05) is 11.5 Å². The number of hydrogen-bond donors (Lipinski definition) is 5. The van der Waals surface area contributed by atoms with Crippen molar-refractivity contribution < 1.29 is 20.1 Å². The van der Waals surface area contributed by atoms with Crippen LogP contribution in [0.25, 0.3) is 0 Å². The number of hydrogen-bond acceptors (Lipinski definition) is 6. The molecule has 6 nitrogen and oxygen atoms in total. The Labute approximate surface area is 107 Å². The van der Waals surface area contributed by atoms with Crippen molar-refractivity contribution in [3.63, 3.8) is 0 Å². The Kier molecular flexibility index (Phi) is 4.15. The summed E-state index contributed by atoms with van der Waals surface area (Å²) in [6.07, 6.45) is -2.45. The third kappa shape index (κ3) is 2.41. The predicted octanol–water partition coefficient (Wildman–Crippen LogP) is 0.00740. The molecule has 0 fully saturated rings. The summed E-state index contributed by atoms with van der Waals surface area (Å²) in [4.78, 5) is 0. The second-order valence-corrected chi connectivity index (χ2v) is 5.67. The van der Waals surface area contributed by atoms with Gasteiger partial charge >= 0.3 is 5.95 Å². The zero-order valence-electron chi connectivity index (χ0n) is 11.3. The Hall–Kier alpha value is -0.980. The van der Waals surface area contributed by atoms with Crippen LogP contribution in [-0.2, 0) is 4.74 Å². The summed E-state index contributed by atoms with van der Waals surface area (Å²) in [6, 6.07) is 0. The van der Waals surface area contributed by atoms with Gasteiger partial charge in [-0.25, -0.2) is 0 Å². The maximum Gasteiger partial charge on any atom is 0.301 e. The molecule has 0 amide bonds. The SMILES string of the molecule is CC(C)C1[C@@H](C)C(O)OC(O)=C(N)C(O)C1(C)N. The van der Waals surface area contributed by atoms with Gasteiger partial charge in [0.2, 0.25) is 6.29 Å². The van der Waals surface area contributed by atoms with E-state index in [2.05, 4.69) is 0 Å². The first-order valence-electron chi connectivity index (χ1n) is 6.11. The summed E-state index contributed by atoms with van der Waals surface area (Å²) >= 11 is 0. The normalized spacial score (nSPS) is 42.4. The van der Waals surface area contributed by atoms with Crippen LogP contribution in [0.15, 0.2) is 11.6 Å². The quantitative estimate of drug-likeness (QED) is 0.452. The van der Waals surface area contributed by atoms with Crippen LogP contribution in [0.2, 0.25) is 0 Å². The highest BCUT2D eigenvalue weighted by Crippen LogP contribution is 2.38. The van der Waals surface area contributed by atoms with E-state index in [0.29, 0.717) is 0 Å². The van der Waals surface area contributed by atoms with Crippen LogP contribution >= 0.6 is 0 Å². The van der Waals surface area contributed by atoms with Gasteiger partial charge in [0.25, 0.3) is 0 Å². The molecule has 0 spiro atoms. The van der Waals surface area contributed by atoms with Gasteiger partial charge in [-0.1, -0.05) is 20.8 Å². The minimum Gasteiger partial charge on any atom is -0.480 e. The van der Waals surface area contributed by atoms with Crippen molar-refractivity contribution in [3.8, 4) is 0 Å². The molecule has 7 N–H and O–H groups in total. The van der Waals surface area contributed by atoms with Gasteiger partial charge in [0.15, 0.2) is 0 Å². The third-order valence-corrected chi connectivity index (χ3v) is 3.82. The third-order valence-electron chi connectivity index (χ3n) is 3.82. The van der Waals surface area contributed by atoms with Gasteiger partial charge in [-0.2, -0.15) is 0 Å². The molecule has 4 unspecified atom stereocenters. The number of nitrogens with two attached hydrogens (primary N) is 2.